The first kappa shape index (κ1) is 26.9. The number of hydrogen-bond acceptors (Lipinski definition) is 6. The van der Waals surface area contributed by atoms with Gasteiger partial charge in [0.25, 0.3) is 0 Å². The number of ether oxygens (including phenoxy) is 1. The predicted octanol–water partition coefficient (Wildman–Crippen LogP) is 4.71. The molecule has 38 heavy (non-hydrogen) atoms. The Hall–Kier alpha value is -4.11. The Labute approximate surface area is 219 Å². The van der Waals surface area contributed by atoms with Gasteiger partial charge >= 0.3 is 11.9 Å². The van der Waals surface area contributed by atoms with Gasteiger partial charge in [-0.3, -0.25) is 4.79 Å². The highest BCUT2D eigenvalue weighted by atomic mass is 19.1. The van der Waals surface area contributed by atoms with Gasteiger partial charge in [0.2, 0.25) is 6.10 Å². The highest BCUT2D eigenvalue weighted by Crippen LogP contribution is 2.33. The molecule has 0 saturated carbocycles. The molecule has 0 radical (unpaired) electrons. The lowest BCUT2D eigenvalue weighted by molar-refractivity contribution is -0.151. The fraction of sp³-hybridized carbons (Fsp3) is 0.276. The molecule has 1 saturated heterocycles. The number of ketones is 1. The molecule has 3 aromatic rings. The quantitative estimate of drug-likeness (QED) is 0.373. The molecule has 3 atom stereocenters. The molecule has 0 amide bonds. The van der Waals surface area contributed by atoms with E-state index in [0.717, 1.165) is 0 Å². The maximum atomic E-state index is 13.8. The number of likely N-dealkylation sites (tertiary alicyclic amines) is 1. The number of nitrogens with one attached hydrogen (secondary N) is 1. The molecule has 1 fully saturated rings. The number of anilines is 1. The number of rotatable bonds is 10. The summed E-state index contributed by atoms with van der Waals surface area (Å²) in [6, 6.07) is 18.4. The van der Waals surface area contributed by atoms with E-state index in [1.165, 1.54) is 60.7 Å². The number of halogens is 2. The summed E-state index contributed by atoms with van der Waals surface area (Å²) in [5.41, 5.74) is 1.25. The van der Waals surface area contributed by atoms with E-state index in [1.54, 1.807) is 18.2 Å². The zero-order valence-electron chi connectivity index (χ0n) is 20.6. The second-order valence-electron chi connectivity index (χ2n) is 9.21. The molecule has 2 N–H and O–H groups in total. The summed E-state index contributed by atoms with van der Waals surface area (Å²) in [6.45, 7) is 1.03. The van der Waals surface area contributed by atoms with Crippen molar-refractivity contribution in [2.45, 2.75) is 25.0 Å². The summed E-state index contributed by atoms with van der Waals surface area (Å²) < 4.78 is 33.0. The van der Waals surface area contributed by atoms with Crippen LogP contribution in [-0.2, 0) is 14.3 Å². The average molecular weight is 523 g/mol. The molecule has 0 aromatic heterocycles. The number of carbonyl (C=O) groups is 3. The molecule has 9 heteroatoms. The summed E-state index contributed by atoms with van der Waals surface area (Å²) in [5, 5.41) is 13.5. The van der Waals surface area contributed by atoms with E-state index in [0.29, 0.717) is 37.2 Å². The van der Waals surface area contributed by atoms with Crippen LogP contribution >= 0.6 is 0 Å². The van der Waals surface area contributed by atoms with Crippen LogP contribution in [0.5, 0.6) is 0 Å². The lowest BCUT2D eigenvalue weighted by Gasteiger charge is -2.37. The summed E-state index contributed by atoms with van der Waals surface area (Å²) in [7, 11) is 0. The largest absolute Gasteiger partial charge is 0.478 e. The number of Topliss-reactive ketones (excluding diaryl/α,β-unsaturated/α-hetero) is 1. The Morgan fingerprint density at radius 1 is 0.895 bits per heavy atom. The minimum absolute atomic E-state index is 0.127. The molecule has 0 bridgehead atoms. The van der Waals surface area contributed by atoms with Crippen molar-refractivity contribution in [2.75, 3.05) is 25.0 Å². The number of carboxylic acids is 1. The Morgan fingerprint density at radius 3 is 2.05 bits per heavy atom. The molecular formula is C29H28F2N2O5. The third-order valence-electron chi connectivity index (χ3n) is 6.58. The molecule has 4 rings (SSSR count). The molecule has 0 aliphatic carbocycles. The van der Waals surface area contributed by atoms with Gasteiger partial charge in [-0.05, 0) is 54.1 Å². The van der Waals surface area contributed by atoms with E-state index in [4.69, 9.17) is 4.74 Å². The van der Waals surface area contributed by atoms with E-state index in [2.05, 4.69) is 5.32 Å². The Balaban J connectivity index is 1.73. The molecule has 0 spiro atoms. The van der Waals surface area contributed by atoms with E-state index >= 15 is 0 Å². The van der Waals surface area contributed by atoms with E-state index in [-0.39, 0.29) is 17.9 Å². The van der Waals surface area contributed by atoms with Crippen LogP contribution in [0.2, 0.25) is 0 Å². The zero-order valence-corrected chi connectivity index (χ0v) is 20.6. The maximum absolute atomic E-state index is 13.8. The van der Waals surface area contributed by atoms with Crippen LogP contribution in [0.3, 0.4) is 0 Å². The lowest BCUT2D eigenvalue weighted by Crippen LogP contribution is -2.47. The smallest absolute Gasteiger partial charge is 0.345 e. The second-order valence-corrected chi connectivity index (χ2v) is 9.21. The van der Waals surface area contributed by atoms with Crippen LogP contribution in [0.25, 0.3) is 0 Å². The van der Waals surface area contributed by atoms with Crippen molar-refractivity contribution in [1.29, 1.82) is 0 Å². The van der Waals surface area contributed by atoms with Crippen LogP contribution < -0.4 is 5.32 Å². The van der Waals surface area contributed by atoms with Crippen LogP contribution in [0.1, 0.15) is 34.8 Å². The number of benzene rings is 3. The first-order valence-corrected chi connectivity index (χ1v) is 12.3. The number of hydrogen-bond donors (Lipinski definition) is 2. The first-order chi connectivity index (χ1) is 18.3. The van der Waals surface area contributed by atoms with Crippen LogP contribution in [0.15, 0.2) is 78.9 Å². The van der Waals surface area contributed by atoms with Crippen LogP contribution in [0.4, 0.5) is 14.5 Å². The zero-order chi connectivity index (χ0) is 27.1. The van der Waals surface area contributed by atoms with E-state index in [9.17, 15) is 28.3 Å². The minimum atomic E-state index is -1.59. The Bertz CT molecular complexity index is 1240. The molecule has 1 heterocycles. The SMILES string of the molecule is O=C1CCN(CC(C(OC(=O)c2ccccc2)C(=O)O)C(Nc2ccc(F)cc2)c2ccc(F)cc2)CC1. The average Bonchev–Trinajstić information content (AvgIpc) is 2.92. The summed E-state index contributed by atoms with van der Waals surface area (Å²) in [5.74, 6) is -3.79. The van der Waals surface area contributed by atoms with Crippen molar-refractivity contribution in [2.24, 2.45) is 5.92 Å². The monoisotopic (exact) mass is 522 g/mol. The summed E-state index contributed by atoms with van der Waals surface area (Å²) in [4.78, 5) is 39.3. The molecule has 1 aliphatic rings. The molecule has 3 aromatic carbocycles. The molecular weight excluding hydrogens is 494 g/mol. The number of carbonyl (C=O) groups excluding carboxylic acids is 2. The van der Waals surface area contributed by atoms with E-state index < -0.39 is 41.6 Å². The summed E-state index contributed by atoms with van der Waals surface area (Å²) in [6.07, 6.45) is -0.926. The Morgan fingerprint density at radius 2 is 1.47 bits per heavy atom. The van der Waals surface area contributed by atoms with Gasteiger partial charge in [-0.25, -0.2) is 18.4 Å². The lowest BCUT2D eigenvalue weighted by atomic mass is 9.86. The fourth-order valence-corrected chi connectivity index (χ4v) is 4.57. The summed E-state index contributed by atoms with van der Waals surface area (Å²) >= 11 is 0. The number of esters is 1. The van der Waals surface area contributed by atoms with Gasteiger partial charge in [-0.1, -0.05) is 30.3 Å². The number of nitrogens with zero attached hydrogens (tertiary/aromatic N) is 1. The van der Waals surface area contributed by atoms with Crippen molar-refractivity contribution in [3.8, 4) is 0 Å². The number of aliphatic carboxylic acids is 1. The van der Waals surface area contributed by atoms with Crippen LogP contribution in [-0.4, -0.2) is 53.5 Å². The fourth-order valence-electron chi connectivity index (χ4n) is 4.57. The molecule has 3 unspecified atom stereocenters. The van der Waals surface area contributed by atoms with Crippen molar-refractivity contribution < 1.29 is 33.0 Å². The maximum Gasteiger partial charge on any atom is 0.345 e. The van der Waals surface area contributed by atoms with Gasteiger partial charge in [-0.2, -0.15) is 0 Å². The van der Waals surface area contributed by atoms with Gasteiger partial charge in [-0.15, -0.1) is 0 Å². The third-order valence-corrected chi connectivity index (χ3v) is 6.58. The number of carboxylic acid groups (broad SMARTS) is 1. The van der Waals surface area contributed by atoms with Gasteiger partial charge in [0.15, 0.2) is 0 Å². The van der Waals surface area contributed by atoms with Gasteiger partial charge in [0, 0.05) is 44.1 Å². The minimum Gasteiger partial charge on any atom is -0.478 e. The molecule has 1 aliphatic heterocycles. The second kappa shape index (κ2) is 12.4. The van der Waals surface area contributed by atoms with Crippen molar-refractivity contribution >= 4 is 23.4 Å². The normalized spacial score (nSPS) is 16.3. The Kier molecular flexibility index (Phi) is 8.81. The van der Waals surface area contributed by atoms with Crippen molar-refractivity contribution in [1.82, 2.24) is 4.90 Å². The van der Waals surface area contributed by atoms with Gasteiger partial charge in [0.05, 0.1) is 11.6 Å². The highest BCUT2D eigenvalue weighted by Gasteiger charge is 2.40. The standard InChI is InChI=1S/C29H28F2N2O5/c30-21-8-6-19(7-9-21)26(32-23-12-10-22(31)11-13-23)25(18-33-16-14-24(34)15-17-33)27(28(35)36)38-29(37)20-4-2-1-3-5-20/h1-13,25-27,32H,14-18H2,(H,35,36). The van der Waals surface area contributed by atoms with Gasteiger partial charge < -0.3 is 20.1 Å². The van der Waals surface area contributed by atoms with E-state index in [1.807, 2.05) is 4.90 Å². The number of piperidine rings is 1. The topological polar surface area (TPSA) is 95.9 Å². The predicted molar refractivity (Wildman–Crippen MR) is 137 cm³/mol. The highest BCUT2D eigenvalue weighted by molar-refractivity contribution is 5.91. The van der Waals surface area contributed by atoms with Gasteiger partial charge in [0.1, 0.15) is 17.4 Å². The molecule has 198 valence electrons. The molecule has 7 nitrogen and oxygen atoms in total. The van der Waals surface area contributed by atoms with Crippen molar-refractivity contribution in [3.05, 3.63) is 102 Å². The third kappa shape index (κ3) is 7.01. The van der Waals surface area contributed by atoms with Crippen molar-refractivity contribution in [3.63, 3.8) is 0 Å². The van der Waals surface area contributed by atoms with Crippen LogP contribution in [0, 0.1) is 17.6 Å². The first-order valence-electron chi connectivity index (χ1n) is 12.3.